The highest BCUT2D eigenvalue weighted by Crippen LogP contribution is 2.43. The van der Waals surface area contributed by atoms with Crippen LogP contribution in [0.4, 0.5) is 18.9 Å². The Morgan fingerprint density at radius 2 is 1.90 bits per heavy atom. The minimum absolute atomic E-state index is 0.0423. The molecule has 162 valence electrons. The zero-order chi connectivity index (χ0) is 22.9. The SMILES string of the molecule is CC(Oc1ccc(/C=C2/SC(=S)N(c3ccc(Cl)cc3C(F)(F)F)C2=O)cc1)C(=O)O. The summed E-state index contributed by atoms with van der Waals surface area (Å²) in [6.07, 6.45) is -4.28. The van der Waals surface area contributed by atoms with Crippen LogP contribution in [0.1, 0.15) is 18.1 Å². The predicted octanol–water partition coefficient (Wildman–Crippen LogP) is 5.62. The Morgan fingerprint density at radius 3 is 2.48 bits per heavy atom. The van der Waals surface area contributed by atoms with Crippen molar-refractivity contribution >= 4 is 63.5 Å². The predicted molar refractivity (Wildman–Crippen MR) is 116 cm³/mol. The number of rotatable bonds is 5. The monoisotopic (exact) mass is 487 g/mol. The van der Waals surface area contributed by atoms with Gasteiger partial charge in [0.1, 0.15) is 5.75 Å². The number of carboxylic acid groups (broad SMARTS) is 1. The molecule has 3 rings (SSSR count). The van der Waals surface area contributed by atoms with Crippen LogP contribution in [-0.2, 0) is 15.8 Å². The number of carbonyl (C=O) groups excluding carboxylic acids is 1. The molecule has 1 aliphatic rings. The summed E-state index contributed by atoms with van der Waals surface area (Å²) in [6.45, 7) is 1.38. The Balaban J connectivity index is 1.87. The minimum atomic E-state index is -4.73. The van der Waals surface area contributed by atoms with Crippen molar-refractivity contribution in [1.29, 1.82) is 0 Å². The first-order valence-corrected chi connectivity index (χ1v) is 10.2. The Hall–Kier alpha value is -2.56. The lowest BCUT2D eigenvalue weighted by Crippen LogP contribution is -2.29. The summed E-state index contributed by atoms with van der Waals surface area (Å²) in [4.78, 5) is 24.7. The molecular weight excluding hydrogens is 475 g/mol. The Bertz CT molecular complexity index is 1090. The molecule has 1 fully saturated rings. The Labute approximate surface area is 189 Å². The molecule has 1 aliphatic heterocycles. The maximum Gasteiger partial charge on any atom is 0.418 e. The minimum Gasteiger partial charge on any atom is -0.479 e. The van der Waals surface area contributed by atoms with Gasteiger partial charge < -0.3 is 9.84 Å². The molecule has 1 atom stereocenters. The van der Waals surface area contributed by atoms with Crippen LogP contribution in [0.3, 0.4) is 0 Å². The molecule has 11 heteroatoms. The van der Waals surface area contributed by atoms with E-state index in [0.717, 1.165) is 28.8 Å². The number of carboxylic acids is 1. The van der Waals surface area contributed by atoms with Gasteiger partial charge in [0.2, 0.25) is 0 Å². The summed E-state index contributed by atoms with van der Waals surface area (Å²) in [7, 11) is 0. The zero-order valence-corrected chi connectivity index (χ0v) is 18.0. The average Bonchev–Trinajstić information content (AvgIpc) is 2.96. The van der Waals surface area contributed by atoms with Gasteiger partial charge >= 0.3 is 12.1 Å². The lowest BCUT2D eigenvalue weighted by atomic mass is 10.1. The van der Waals surface area contributed by atoms with Crippen molar-refractivity contribution < 1.29 is 32.6 Å². The summed E-state index contributed by atoms with van der Waals surface area (Å²) in [5.41, 5.74) is -0.899. The number of thioether (sulfide) groups is 1. The third-order valence-corrected chi connectivity index (χ3v) is 5.67. The van der Waals surface area contributed by atoms with Gasteiger partial charge in [0.25, 0.3) is 5.91 Å². The number of aliphatic carboxylic acids is 1. The van der Waals surface area contributed by atoms with Crippen molar-refractivity contribution in [3.63, 3.8) is 0 Å². The van der Waals surface area contributed by atoms with E-state index in [-0.39, 0.29) is 14.2 Å². The highest BCUT2D eigenvalue weighted by Gasteiger charge is 2.41. The summed E-state index contributed by atoms with van der Waals surface area (Å²) >= 11 is 11.7. The second-order valence-electron chi connectivity index (χ2n) is 6.34. The molecule has 1 unspecified atom stereocenters. The van der Waals surface area contributed by atoms with Gasteiger partial charge in [-0.25, -0.2) is 4.79 Å². The summed E-state index contributed by atoms with van der Waals surface area (Å²) in [5.74, 6) is -1.49. The second kappa shape index (κ2) is 8.89. The molecule has 0 radical (unpaired) electrons. The van der Waals surface area contributed by atoms with Gasteiger partial charge in [0.05, 0.1) is 16.2 Å². The molecule has 1 N–H and O–H groups in total. The molecule has 0 bridgehead atoms. The third kappa shape index (κ3) is 5.20. The molecule has 2 aromatic rings. The highest BCUT2D eigenvalue weighted by molar-refractivity contribution is 8.27. The summed E-state index contributed by atoms with van der Waals surface area (Å²) < 4.78 is 45.5. The van der Waals surface area contributed by atoms with E-state index in [1.807, 2.05) is 0 Å². The number of hydrogen-bond donors (Lipinski definition) is 1. The first-order valence-electron chi connectivity index (χ1n) is 8.61. The molecule has 0 spiro atoms. The van der Waals surface area contributed by atoms with Crippen LogP contribution in [-0.4, -0.2) is 27.4 Å². The van der Waals surface area contributed by atoms with Crippen LogP contribution in [0.2, 0.25) is 5.02 Å². The molecule has 5 nitrogen and oxygen atoms in total. The van der Waals surface area contributed by atoms with Gasteiger partial charge in [0, 0.05) is 5.02 Å². The van der Waals surface area contributed by atoms with Crippen molar-refractivity contribution in [3.8, 4) is 5.75 Å². The number of thiocarbonyl (C=S) groups is 1. The van der Waals surface area contributed by atoms with E-state index < -0.39 is 35.4 Å². The molecule has 1 saturated heterocycles. The van der Waals surface area contributed by atoms with E-state index in [1.165, 1.54) is 31.2 Å². The van der Waals surface area contributed by atoms with Gasteiger partial charge in [0.15, 0.2) is 10.4 Å². The van der Waals surface area contributed by atoms with Crippen LogP contribution in [0.15, 0.2) is 47.4 Å². The van der Waals surface area contributed by atoms with E-state index >= 15 is 0 Å². The van der Waals surface area contributed by atoms with Gasteiger partial charge in [-0.1, -0.05) is 47.7 Å². The number of anilines is 1. The number of amides is 1. The van der Waals surface area contributed by atoms with Crippen molar-refractivity contribution in [3.05, 3.63) is 63.5 Å². The van der Waals surface area contributed by atoms with E-state index in [9.17, 15) is 22.8 Å². The molecular formula is C20H13ClF3NO4S2. The summed E-state index contributed by atoms with van der Waals surface area (Å²) in [5, 5.41) is 8.76. The van der Waals surface area contributed by atoms with Crippen LogP contribution in [0, 0.1) is 0 Å². The van der Waals surface area contributed by atoms with Gasteiger partial charge in [-0.15, -0.1) is 0 Å². The standard InChI is InChI=1S/C20H13ClF3NO4S2/c1-10(18(27)28)29-13-5-2-11(3-6-13)8-16-17(26)25(19(30)31-16)15-7-4-12(21)9-14(15)20(22,23)24/h2-10H,1H3,(H,27,28)/b16-8+. The van der Waals surface area contributed by atoms with Gasteiger partial charge in [-0.3, -0.25) is 9.69 Å². The van der Waals surface area contributed by atoms with Crippen molar-refractivity contribution in [2.24, 2.45) is 0 Å². The number of hydrogen-bond acceptors (Lipinski definition) is 5. The Morgan fingerprint density at radius 1 is 1.26 bits per heavy atom. The fourth-order valence-corrected chi connectivity index (χ4v) is 4.11. The maximum absolute atomic E-state index is 13.4. The second-order valence-corrected chi connectivity index (χ2v) is 8.46. The molecule has 0 aliphatic carbocycles. The topological polar surface area (TPSA) is 66.8 Å². The van der Waals surface area contributed by atoms with Crippen molar-refractivity contribution in [2.75, 3.05) is 4.90 Å². The highest BCUT2D eigenvalue weighted by atomic mass is 35.5. The smallest absolute Gasteiger partial charge is 0.418 e. The number of ether oxygens (including phenoxy) is 1. The van der Waals surface area contributed by atoms with E-state index in [0.29, 0.717) is 11.3 Å². The maximum atomic E-state index is 13.4. The lowest BCUT2D eigenvalue weighted by molar-refractivity contribution is -0.144. The van der Waals surface area contributed by atoms with Crippen LogP contribution < -0.4 is 9.64 Å². The van der Waals surface area contributed by atoms with Crippen LogP contribution >= 0.6 is 35.6 Å². The van der Waals surface area contributed by atoms with E-state index in [1.54, 1.807) is 12.1 Å². The normalized spacial score (nSPS) is 16.7. The zero-order valence-electron chi connectivity index (χ0n) is 15.6. The largest absolute Gasteiger partial charge is 0.479 e. The molecule has 1 heterocycles. The van der Waals surface area contributed by atoms with Crippen LogP contribution in [0.25, 0.3) is 6.08 Å². The fraction of sp³-hybridized carbons (Fsp3) is 0.150. The average molecular weight is 488 g/mol. The lowest BCUT2D eigenvalue weighted by Gasteiger charge is -2.20. The summed E-state index contributed by atoms with van der Waals surface area (Å²) in [6, 6.07) is 9.32. The molecule has 2 aromatic carbocycles. The third-order valence-electron chi connectivity index (χ3n) is 4.14. The number of nitrogens with zero attached hydrogens (tertiary/aromatic N) is 1. The molecule has 1 amide bonds. The molecule has 31 heavy (non-hydrogen) atoms. The van der Waals surface area contributed by atoms with Gasteiger partial charge in [-0.2, -0.15) is 13.2 Å². The quantitative estimate of drug-likeness (QED) is 0.436. The fourth-order valence-electron chi connectivity index (χ4n) is 2.65. The number of alkyl halides is 3. The molecule has 0 saturated carbocycles. The number of benzene rings is 2. The van der Waals surface area contributed by atoms with Crippen molar-refractivity contribution in [1.82, 2.24) is 0 Å². The number of halogens is 4. The Kier molecular flexibility index (Phi) is 6.63. The first kappa shape index (κ1) is 23.1. The van der Waals surface area contributed by atoms with E-state index in [2.05, 4.69) is 0 Å². The first-order chi connectivity index (χ1) is 14.5. The number of carbonyl (C=O) groups is 2. The van der Waals surface area contributed by atoms with Crippen LogP contribution in [0.5, 0.6) is 5.75 Å². The van der Waals surface area contributed by atoms with E-state index in [4.69, 9.17) is 33.7 Å². The van der Waals surface area contributed by atoms with Crippen molar-refractivity contribution in [2.45, 2.75) is 19.2 Å². The molecule has 0 aromatic heterocycles. The van der Waals surface area contributed by atoms with Gasteiger partial charge in [-0.05, 0) is 48.9 Å².